The largest absolute Gasteiger partial charge is 0.472 e. The van der Waals surface area contributed by atoms with E-state index in [4.69, 9.17) is 10.5 Å². The molecule has 2 aliphatic rings. The number of benzene rings is 1. The molecule has 7 nitrogen and oxygen atoms in total. The summed E-state index contributed by atoms with van der Waals surface area (Å²) in [5, 5.41) is 9.42. The molecule has 142 valence electrons. The monoisotopic (exact) mass is 367 g/mol. The number of ether oxygens (including phenoxy) is 1. The first-order valence-electron chi connectivity index (χ1n) is 9.42. The molecule has 0 spiro atoms. The van der Waals surface area contributed by atoms with Crippen LogP contribution in [0.1, 0.15) is 41.6 Å². The molecule has 5 N–H and O–H groups in total. The molecule has 1 fully saturated rings. The van der Waals surface area contributed by atoms with Crippen LogP contribution in [0.15, 0.2) is 30.3 Å². The van der Waals surface area contributed by atoms with Crippen LogP contribution in [0.2, 0.25) is 0 Å². The highest BCUT2D eigenvalue weighted by molar-refractivity contribution is 6.03. The van der Waals surface area contributed by atoms with Crippen molar-refractivity contribution in [1.29, 1.82) is 0 Å². The first-order valence-corrected chi connectivity index (χ1v) is 9.42. The van der Waals surface area contributed by atoms with Crippen LogP contribution in [0.3, 0.4) is 0 Å². The normalized spacial score (nSPS) is 21.6. The Balaban J connectivity index is 1.68. The van der Waals surface area contributed by atoms with Gasteiger partial charge in [-0.05, 0) is 37.5 Å². The minimum absolute atomic E-state index is 0.106. The van der Waals surface area contributed by atoms with Crippen LogP contribution >= 0.6 is 0 Å². The van der Waals surface area contributed by atoms with Crippen LogP contribution in [0.5, 0.6) is 5.75 Å². The second-order valence-corrected chi connectivity index (χ2v) is 7.22. The summed E-state index contributed by atoms with van der Waals surface area (Å²) in [5.41, 5.74) is 8.67. The van der Waals surface area contributed by atoms with E-state index in [-0.39, 0.29) is 24.7 Å². The van der Waals surface area contributed by atoms with E-state index in [1.807, 2.05) is 31.2 Å². The predicted octanol–water partition coefficient (Wildman–Crippen LogP) is 2.90. The number of carbonyl (C=O) groups excluding carboxylic acids is 1. The van der Waals surface area contributed by atoms with E-state index in [2.05, 4.69) is 20.9 Å². The minimum atomic E-state index is -0.195. The highest BCUT2D eigenvalue weighted by Crippen LogP contribution is 2.33. The molecule has 4 rings (SSSR count). The first-order chi connectivity index (χ1) is 13.1. The number of hydrogen-bond acceptors (Lipinski definition) is 6. The average Bonchev–Trinajstić information content (AvgIpc) is 2.64. The van der Waals surface area contributed by atoms with E-state index in [0.717, 1.165) is 30.5 Å². The van der Waals surface area contributed by atoms with Gasteiger partial charge in [0.2, 0.25) is 0 Å². The Hall–Kier alpha value is -2.80. The molecule has 2 heterocycles. The quantitative estimate of drug-likeness (QED) is 0.663. The van der Waals surface area contributed by atoms with E-state index in [1.165, 1.54) is 6.42 Å². The number of anilines is 3. The Kier molecular flexibility index (Phi) is 4.85. The Bertz CT molecular complexity index is 854. The van der Waals surface area contributed by atoms with Gasteiger partial charge in [0.15, 0.2) is 6.73 Å². The Morgan fingerprint density at radius 2 is 2.11 bits per heavy atom. The van der Waals surface area contributed by atoms with Gasteiger partial charge in [0.05, 0.1) is 0 Å². The number of aromatic nitrogens is 1. The lowest BCUT2D eigenvalue weighted by atomic mass is 9.91. The molecule has 1 saturated carbocycles. The Labute approximate surface area is 158 Å². The number of hydrogen-bond donors (Lipinski definition) is 4. The van der Waals surface area contributed by atoms with Crippen molar-refractivity contribution in [3.63, 3.8) is 0 Å². The van der Waals surface area contributed by atoms with Gasteiger partial charge in [0.25, 0.3) is 5.91 Å². The number of aryl methyl sites for hydroxylation is 1. The van der Waals surface area contributed by atoms with E-state index in [1.54, 1.807) is 6.07 Å². The van der Waals surface area contributed by atoms with Crippen molar-refractivity contribution in [3.05, 3.63) is 41.5 Å². The van der Waals surface area contributed by atoms with E-state index in [0.29, 0.717) is 22.9 Å². The summed E-state index contributed by atoms with van der Waals surface area (Å²) >= 11 is 0. The summed E-state index contributed by atoms with van der Waals surface area (Å²) in [5.74, 6) is 1.47. The lowest BCUT2D eigenvalue weighted by Crippen LogP contribution is -2.42. The molecule has 1 aromatic heterocycles. The topological polar surface area (TPSA) is 101 Å². The maximum Gasteiger partial charge on any atom is 0.261 e. The molecular formula is C20H25N5O2. The summed E-state index contributed by atoms with van der Waals surface area (Å²) in [6, 6.07) is 10.0. The zero-order chi connectivity index (χ0) is 18.8. The van der Waals surface area contributed by atoms with E-state index < -0.39 is 0 Å². The molecule has 0 saturated heterocycles. The van der Waals surface area contributed by atoms with E-state index in [9.17, 15) is 4.79 Å². The van der Waals surface area contributed by atoms with Crippen molar-refractivity contribution in [1.82, 2.24) is 10.3 Å². The van der Waals surface area contributed by atoms with Crippen LogP contribution in [0.25, 0.3) is 0 Å². The van der Waals surface area contributed by atoms with Crippen LogP contribution < -0.4 is 26.4 Å². The Morgan fingerprint density at radius 1 is 1.26 bits per heavy atom. The number of nitrogens with two attached hydrogens (primary N) is 1. The zero-order valence-corrected chi connectivity index (χ0v) is 15.4. The molecule has 27 heavy (non-hydrogen) atoms. The molecule has 1 aliphatic heterocycles. The van der Waals surface area contributed by atoms with Crippen LogP contribution in [0, 0.1) is 6.92 Å². The highest BCUT2D eigenvalue weighted by atomic mass is 16.5. The summed E-state index contributed by atoms with van der Waals surface area (Å²) < 4.78 is 5.67. The van der Waals surface area contributed by atoms with Gasteiger partial charge in [0, 0.05) is 23.8 Å². The first kappa shape index (κ1) is 17.6. The van der Waals surface area contributed by atoms with Crippen LogP contribution in [0.4, 0.5) is 17.3 Å². The molecule has 2 aromatic rings. The number of pyridine rings is 1. The van der Waals surface area contributed by atoms with Crippen molar-refractivity contribution in [2.75, 3.05) is 17.4 Å². The van der Waals surface area contributed by atoms with Gasteiger partial charge in [-0.2, -0.15) is 0 Å². The van der Waals surface area contributed by atoms with E-state index >= 15 is 0 Å². The second kappa shape index (κ2) is 7.44. The third-order valence-corrected chi connectivity index (χ3v) is 5.10. The average molecular weight is 367 g/mol. The number of nitrogens with one attached hydrogen (secondary N) is 3. The predicted molar refractivity (Wildman–Crippen MR) is 106 cm³/mol. The van der Waals surface area contributed by atoms with Crippen molar-refractivity contribution in [2.24, 2.45) is 5.73 Å². The lowest BCUT2D eigenvalue weighted by Gasteiger charge is -2.30. The third-order valence-electron chi connectivity index (χ3n) is 5.10. The summed E-state index contributed by atoms with van der Waals surface area (Å²) in [4.78, 5) is 17.1. The summed E-state index contributed by atoms with van der Waals surface area (Å²) in [6.45, 7) is 2.18. The molecule has 0 bridgehead atoms. The molecule has 0 radical (unpaired) electrons. The SMILES string of the molecule is Cc1cccc(Nc2nc(NC3CCCCC3N)cc3c2C(=O)NCO3)c1. The van der Waals surface area contributed by atoms with Crippen molar-refractivity contribution < 1.29 is 9.53 Å². The molecule has 2 atom stereocenters. The van der Waals surface area contributed by atoms with Gasteiger partial charge < -0.3 is 26.4 Å². The van der Waals surface area contributed by atoms with Gasteiger partial charge in [-0.25, -0.2) is 4.98 Å². The molecular weight excluding hydrogens is 342 g/mol. The van der Waals surface area contributed by atoms with Crippen molar-refractivity contribution in [2.45, 2.75) is 44.7 Å². The van der Waals surface area contributed by atoms with Crippen LogP contribution in [-0.2, 0) is 0 Å². The maximum absolute atomic E-state index is 12.4. The zero-order valence-electron chi connectivity index (χ0n) is 15.4. The number of amides is 1. The van der Waals surface area contributed by atoms with Crippen molar-refractivity contribution >= 4 is 23.2 Å². The summed E-state index contributed by atoms with van der Waals surface area (Å²) in [6.07, 6.45) is 4.35. The lowest BCUT2D eigenvalue weighted by molar-refractivity contribution is 0.0884. The van der Waals surface area contributed by atoms with Gasteiger partial charge in [0.1, 0.15) is 22.9 Å². The fourth-order valence-electron chi connectivity index (χ4n) is 3.68. The van der Waals surface area contributed by atoms with Gasteiger partial charge in [-0.15, -0.1) is 0 Å². The number of carbonyl (C=O) groups is 1. The van der Waals surface area contributed by atoms with Gasteiger partial charge in [-0.3, -0.25) is 4.79 Å². The maximum atomic E-state index is 12.4. The number of nitrogens with zero attached hydrogens (tertiary/aromatic N) is 1. The molecule has 1 amide bonds. The molecule has 7 heteroatoms. The van der Waals surface area contributed by atoms with Crippen LogP contribution in [-0.4, -0.2) is 29.7 Å². The fraction of sp³-hybridized carbons (Fsp3) is 0.400. The molecule has 2 unspecified atom stereocenters. The fourth-order valence-corrected chi connectivity index (χ4v) is 3.68. The third kappa shape index (κ3) is 3.83. The number of fused-ring (bicyclic) bond motifs is 1. The number of rotatable bonds is 4. The highest BCUT2D eigenvalue weighted by Gasteiger charge is 2.27. The second-order valence-electron chi connectivity index (χ2n) is 7.22. The minimum Gasteiger partial charge on any atom is -0.472 e. The Morgan fingerprint density at radius 3 is 2.93 bits per heavy atom. The van der Waals surface area contributed by atoms with Gasteiger partial charge in [-0.1, -0.05) is 25.0 Å². The van der Waals surface area contributed by atoms with Crippen molar-refractivity contribution in [3.8, 4) is 5.75 Å². The molecule has 1 aliphatic carbocycles. The standard InChI is InChI=1S/C20H25N5O2/c1-12-5-4-6-13(9-12)23-19-18-16(27-11-22-20(18)26)10-17(25-19)24-15-8-3-2-7-14(15)21/h4-6,9-10,14-15H,2-3,7-8,11,21H2,1H3,(H,22,26)(H2,23,24,25). The smallest absolute Gasteiger partial charge is 0.261 e. The van der Waals surface area contributed by atoms with Gasteiger partial charge >= 0.3 is 0 Å². The summed E-state index contributed by atoms with van der Waals surface area (Å²) in [7, 11) is 0. The molecule has 1 aromatic carbocycles.